The third-order valence-electron chi connectivity index (χ3n) is 4.07. The van der Waals surface area contributed by atoms with E-state index in [-0.39, 0.29) is 24.0 Å². The van der Waals surface area contributed by atoms with Gasteiger partial charge in [0.2, 0.25) is 0 Å². The third-order valence-corrected chi connectivity index (χ3v) is 4.07. The lowest BCUT2D eigenvalue weighted by molar-refractivity contribution is 0.324. The fourth-order valence-corrected chi connectivity index (χ4v) is 2.94. The molecule has 1 fully saturated rings. The average molecular weight is 430 g/mol. The molecule has 0 amide bonds. The van der Waals surface area contributed by atoms with Crippen LogP contribution in [0, 0.1) is 5.92 Å². The fraction of sp³-hybridized carbons (Fsp3) is 0.611. The number of halogens is 1. The van der Waals surface area contributed by atoms with E-state index in [1.807, 2.05) is 6.07 Å². The minimum absolute atomic E-state index is 0. The lowest BCUT2D eigenvalue weighted by Crippen LogP contribution is -2.40. The van der Waals surface area contributed by atoms with E-state index < -0.39 is 0 Å². The summed E-state index contributed by atoms with van der Waals surface area (Å²) in [4.78, 5) is 7.25. The molecule has 2 rings (SSSR count). The maximum Gasteiger partial charge on any atom is 0.191 e. The predicted molar refractivity (Wildman–Crippen MR) is 110 cm³/mol. The molecule has 0 aromatic heterocycles. The summed E-state index contributed by atoms with van der Waals surface area (Å²) in [6.45, 7) is 10.7. The van der Waals surface area contributed by atoms with Gasteiger partial charge in [-0.05, 0) is 44.3 Å². The molecule has 0 bridgehead atoms. The van der Waals surface area contributed by atoms with E-state index in [4.69, 9.17) is 0 Å². The zero-order valence-electron chi connectivity index (χ0n) is 14.4. The molecule has 130 valence electrons. The molecule has 1 aliphatic heterocycles. The van der Waals surface area contributed by atoms with E-state index in [0.29, 0.717) is 0 Å². The van der Waals surface area contributed by atoms with Crippen molar-refractivity contribution in [3.05, 3.63) is 35.9 Å². The molecular formula is C18H31IN4. The fourth-order valence-electron chi connectivity index (χ4n) is 2.94. The van der Waals surface area contributed by atoms with Crippen molar-refractivity contribution in [3.63, 3.8) is 0 Å². The number of benzene rings is 1. The van der Waals surface area contributed by atoms with Crippen molar-refractivity contribution < 1.29 is 0 Å². The molecular weight excluding hydrogens is 399 g/mol. The summed E-state index contributed by atoms with van der Waals surface area (Å²) < 4.78 is 0. The number of guanidine groups is 1. The highest BCUT2D eigenvalue weighted by atomic mass is 127. The molecule has 1 aromatic rings. The number of nitrogens with one attached hydrogen (secondary N) is 2. The summed E-state index contributed by atoms with van der Waals surface area (Å²) in [5, 5.41) is 6.85. The summed E-state index contributed by atoms with van der Waals surface area (Å²) in [5.41, 5.74) is 1.25. The Labute approximate surface area is 158 Å². The van der Waals surface area contributed by atoms with Gasteiger partial charge in [0.1, 0.15) is 0 Å². The zero-order valence-corrected chi connectivity index (χ0v) is 16.8. The lowest BCUT2D eigenvalue weighted by atomic mass is 10.1. The van der Waals surface area contributed by atoms with Gasteiger partial charge in [0.25, 0.3) is 0 Å². The monoisotopic (exact) mass is 430 g/mol. The Balaban J connectivity index is 0.00000264. The molecule has 1 unspecified atom stereocenters. The van der Waals surface area contributed by atoms with Crippen LogP contribution in [0.1, 0.15) is 32.3 Å². The Kier molecular flexibility index (Phi) is 10.3. The Morgan fingerprint density at radius 1 is 1.22 bits per heavy atom. The van der Waals surface area contributed by atoms with Crippen LogP contribution in [0.4, 0.5) is 0 Å². The molecule has 0 radical (unpaired) electrons. The molecule has 23 heavy (non-hydrogen) atoms. The number of aliphatic imine (C=N–C) groups is 1. The van der Waals surface area contributed by atoms with Crippen LogP contribution < -0.4 is 10.6 Å². The van der Waals surface area contributed by atoms with Crippen molar-refractivity contribution in [1.29, 1.82) is 0 Å². The van der Waals surface area contributed by atoms with E-state index in [1.165, 1.54) is 38.0 Å². The second-order valence-corrected chi connectivity index (χ2v) is 6.02. The molecule has 5 heteroatoms. The van der Waals surface area contributed by atoms with Crippen molar-refractivity contribution in [2.75, 3.05) is 32.7 Å². The second kappa shape index (κ2) is 11.7. The molecule has 1 saturated heterocycles. The van der Waals surface area contributed by atoms with Crippen molar-refractivity contribution in [2.24, 2.45) is 10.9 Å². The normalized spacial score (nSPS) is 18.5. The lowest BCUT2D eigenvalue weighted by Gasteiger charge is -2.17. The first-order chi connectivity index (χ1) is 10.8. The number of hydrogen-bond donors (Lipinski definition) is 2. The molecule has 1 aromatic carbocycles. The summed E-state index contributed by atoms with van der Waals surface area (Å²) in [6, 6.07) is 10.4. The van der Waals surface area contributed by atoms with Gasteiger partial charge >= 0.3 is 0 Å². The number of nitrogens with zero attached hydrogens (tertiary/aromatic N) is 2. The van der Waals surface area contributed by atoms with Crippen LogP contribution in [0.15, 0.2) is 35.3 Å². The largest absolute Gasteiger partial charge is 0.357 e. The molecule has 1 aliphatic rings. The molecule has 4 nitrogen and oxygen atoms in total. The Morgan fingerprint density at radius 2 is 2.00 bits per heavy atom. The van der Waals surface area contributed by atoms with Crippen LogP contribution in [0.5, 0.6) is 0 Å². The van der Waals surface area contributed by atoms with Crippen molar-refractivity contribution in [2.45, 2.75) is 33.2 Å². The molecule has 0 aliphatic carbocycles. The molecule has 0 saturated carbocycles. The Morgan fingerprint density at radius 3 is 2.70 bits per heavy atom. The average Bonchev–Trinajstić information content (AvgIpc) is 2.99. The second-order valence-electron chi connectivity index (χ2n) is 6.02. The minimum Gasteiger partial charge on any atom is -0.357 e. The van der Waals surface area contributed by atoms with Crippen LogP contribution in [0.25, 0.3) is 0 Å². The van der Waals surface area contributed by atoms with Gasteiger partial charge in [0, 0.05) is 19.6 Å². The van der Waals surface area contributed by atoms with Crippen LogP contribution in [0.3, 0.4) is 0 Å². The first-order valence-corrected chi connectivity index (χ1v) is 8.60. The van der Waals surface area contributed by atoms with E-state index in [2.05, 4.69) is 58.6 Å². The standard InChI is InChI=1S/C18H30N4.HI/c1-3-11-22-12-10-17(15-22)14-21-18(19-4-2)20-13-16-8-6-5-7-9-16;/h5-9,17H,3-4,10-15H2,1-2H3,(H2,19,20,21);1H. The number of hydrogen-bond acceptors (Lipinski definition) is 2. The SMILES string of the molecule is CCCN1CCC(CNC(=NCc2ccccc2)NCC)C1.I. The molecule has 1 atom stereocenters. The summed E-state index contributed by atoms with van der Waals surface area (Å²) >= 11 is 0. The van der Waals surface area contributed by atoms with Gasteiger partial charge in [-0.1, -0.05) is 37.3 Å². The highest BCUT2D eigenvalue weighted by Crippen LogP contribution is 2.15. The molecule has 1 heterocycles. The highest BCUT2D eigenvalue weighted by molar-refractivity contribution is 14.0. The Bertz CT molecular complexity index is 450. The van der Waals surface area contributed by atoms with E-state index >= 15 is 0 Å². The van der Waals surface area contributed by atoms with Crippen LogP contribution in [-0.4, -0.2) is 43.6 Å². The maximum absolute atomic E-state index is 4.68. The quantitative estimate of drug-likeness (QED) is 0.397. The maximum atomic E-state index is 4.68. The van der Waals surface area contributed by atoms with Gasteiger partial charge < -0.3 is 15.5 Å². The summed E-state index contributed by atoms with van der Waals surface area (Å²) in [5.74, 6) is 1.67. The third kappa shape index (κ3) is 7.52. The summed E-state index contributed by atoms with van der Waals surface area (Å²) in [6.07, 6.45) is 2.55. The van der Waals surface area contributed by atoms with Crippen molar-refractivity contribution >= 4 is 29.9 Å². The smallest absolute Gasteiger partial charge is 0.191 e. The number of rotatable bonds is 7. The zero-order chi connectivity index (χ0) is 15.6. The van der Waals surface area contributed by atoms with Gasteiger partial charge in [0.15, 0.2) is 5.96 Å². The van der Waals surface area contributed by atoms with Gasteiger partial charge in [-0.15, -0.1) is 24.0 Å². The predicted octanol–water partition coefficient (Wildman–Crippen LogP) is 3.09. The summed E-state index contributed by atoms with van der Waals surface area (Å²) in [7, 11) is 0. The van der Waals surface area contributed by atoms with Gasteiger partial charge in [-0.3, -0.25) is 0 Å². The van der Waals surface area contributed by atoms with E-state index in [1.54, 1.807) is 0 Å². The van der Waals surface area contributed by atoms with Crippen LogP contribution in [0.2, 0.25) is 0 Å². The van der Waals surface area contributed by atoms with Gasteiger partial charge in [-0.2, -0.15) is 0 Å². The molecule has 2 N–H and O–H groups in total. The van der Waals surface area contributed by atoms with Gasteiger partial charge in [-0.25, -0.2) is 4.99 Å². The minimum atomic E-state index is 0. The topological polar surface area (TPSA) is 39.7 Å². The highest BCUT2D eigenvalue weighted by Gasteiger charge is 2.21. The molecule has 0 spiro atoms. The van der Waals surface area contributed by atoms with E-state index in [9.17, 15) is 0 Å². The van der Waals surface area contributed by atoms with E-state index in [0.717, 1.165) is 31.5 Å². The van der Waals surface area contributed by atoms with Crippen LogP contribution >= 0.6 is 24.0 Å². The van der Waals surface area contributed by atoms with Crippen molar-refractivity contribution in [3.8, 4) is 0 Å². The van der Waals surface area contributed by atoms with Crippen LogP contribution in [-0.2, 0) is 6.54 Å². The van der Waals surface area contributed by atoms with Crippen molar-refractivity contribution in [1.82, 2.24) is 15.5 Å². The van der Waals surface area contributed by atoms with Gasteiger partial charge in [0.05, 0.1) is 6.54 Å². The number of likely N-dealkylation sites (tertiary alicyclic amines) is 1. The Hall–Kier alpha value is -0.820. The first-order valence-electron chi connectivity index (χ1n) is 8.60. The first kappa shape index (κ1) is 20.2.